The van der Waals surface area contributed by atoms with E-state index in [-0.39, 0.29) is 17.4 Å². The zero-order valence-corrected chi connectivity index (χ0v) is 10.9. The summed E-state index contributed by atoms with van der Waals surface area (Å²) in [7, 11) is 0. The first-order chi connectivity index (χ1) is 9.31. The minimum Gasteiger partial charge on any atom is -0.464 e. The molecule has 3 heteroatoms. The van der Waals surface area contributed by atoms with Gasteiger partial charge in [0.25, 0.3) is 0 Å². The number of aliphatic hydroxyl groups excluding tert-OH is 1. The molecule has 3 nitrogen and oxygen atoms in total. The minimum absolute atomic E-state index is 0.00209. The molecular formula is C16H18O3. The number of hydrogen-bond acceptors (Lipinski definition) is 3. The van der Waals surface area contributed by atoms with Crippen LogP contribution in [0.4, 0.5) is 0 Å². The van der Waals surface area contributed by atoms with Gasteiger partial charge in [-0.3, -0.25) is 0 Å². The molecule has 0 atom stereocenters. The summed E-state index contributed by atoms with van der Waals surface area (Å²) in [5.74, 6) is 0. The fourth-order valence-electron chi connectivity index (χ4n) is 3.79. The van der Waals surface area contributed by atoms with Gasteiger partial charge in [0.15, 0.2) is 0 Å². The van der Waals surface area contributed by atoms with Crippen LogP contribution in [0.1, 0.15) is 24.8 Å². The molecule has 1 aliphatic heterocycles. The highest BCUT2D eigenvalue weighted by atomic mass is 16.5. The zero-order valence-electron chi connectivity index (χ0n) is 10.9. The Morgan fingerprint density at radius 2 is 1.95 bits per heavy atom. The highest BCUT2D eigenvalue weighted by Gasteiger charge is 2.60. The molecule has 1 saturated heterocycles. The molecule has 4 rings (SSSR count). The minimum atomic E-state index is -0.0490. The number of aliphatic hydroxyl groups is 1. The SMILES string of the molecule is OCC1(C2(c3coc4ccccc34)COC2)CCC1. The monoisotopic (exact) mass is 258 g/mol. The first-order valence-corrected chi connectivity index (χ1v) is 6.97. The lowest BCUT2D eigenvalue weighted by atomic mass is 9.50. The molecular weight excluding hydrogens is 240 g/mol. The lowest BCUT2D eigenvalue weighted by Crippen LogP contribution is -2.63. The molecule has 0 unspecified atom stereocenters. The summed E-state index contributed by atoms with van der Waals surface area (Å²) in [5.41, 5.74) is 2.10. The molecule has 0 amide bonds. The highest BCUT2D eigenvalue weighted by molar-refractivity contribution is 5.82. The molecule has 100 valence electrons. The van der Waals surface area contributed by atoms with Crippen molar-refractivity contribution >= 4 is 11.0 Å². The average Bonchev–Trinajstić information content (AvgIpc) is 2.75. The summed E-state index contributed by atoms with van der Waals surface area (Å²) < 4.78 is 11.2. The van der Waals surface area contributed by atoms with Gasteiger partial charge in [0, 0.05) is 23.0 Å². The Kier molecular flexibility index (Phi) is 2.32. The van der Waals surface area contributed by atoms with Gasteiger partial charge >= 0.3 is 0 Å². The van der Waals surface area contributed by atoms with Crippen LogP contribution in [0.3, 0.4) is 0 Å². The first-order valence-electron chi connectivity index (χ1n) is 6.97. The Hall–Kier alpha value is -1.32. The van der Waals surface area contributed by atoms with Gasteiger partial charge in [-0.25, -0.2) is 0 Å². The van der Waals surface area contributed by atoms with Crippen molar-refractivity contribution in [2.24, 2.45) is 5.41 Å². The summed E-state index contributed by atoms with van der Waals surface area (Å²) in [6.45, 7) is 1.66. The van der Waals surface area contributed by atoms with Crippen LogP contribution < -0.4 is 0 Å². The molecule has 2 heterocycles. The molecule has 0 spiro atoms. The fraction of sp³-hybridized carbons (Fsp3) is 0.500. The molecule has 1 aromatic carbocycles. The topological polar surface area (TPSA) is 42.6 Å². The van der Waals surface area contributed by atoms with Crippen molar-refractivity contribution in [1.82, 2.24) is 0 Å². The van der Waals surface area contributed by atoms with Crippen LogP contribution in [0.25, 0.3) is 11.0 Å². The maximum atomic E-state index is 9.92. The molecule has 19 heavy (non-hydrogen) atoms. The van der Waals surface area contributed by atoms with E-state index in [4.69, 9.17) is 9.15 Å². The number of furan rings is 1. The molecule has 0 radical (unpaired) electrons. The number of rotatable bonds is 3. The number of hydrogen-bond donors (Lipinski definition) is 1. The summed E-state index contributed by atoms with van der Waals surface area (Å²) in [6.07, 6.45) is 5.26. The van der Waals surface area contributed by atoms with Crippen molar-refractivity contribution in [3.05, 3.63) is 36.1 Å². The van der Waals surface area contributed by atoms with E-state index in [1.165, 1.54) is 17.4 Å². The smallest absolute Gasteiger partial charge is 0.134 e. The van der Waals surface area contributed by atoms with E-state index in [0.717, 1.165) is 18.4 Å². The van der Waals surface area contributed by atoms with Crippen LogP contribution in [0.2, 0.25) is 0 Å². The van der Waals surface area contributed by atoms with Gasteiger partial charge in [-0.1, -0.05) is 24.6 Å². The first kappa shape index (κ1) is 11.5. The van der Waals surface area contributed by atoms with Gasteiger partial charge in [-0.05, 0) is 18.9 Å². The van der Waals surface area contributed by atoms with Crippen molar-refractivity contribution in [2.75, 3.05) is 19.8 Å². The van der Waals surface area contributed by atoms with Crippen molar-refractivity contribution < 1.29 is 14.3 Å². The second-order valence-corrected chi connectivity index (χ2v) is 6.01. The average molecular weight is 258 g/mol. The molecule has 1 aliphatic carbocycles. The Labute approximate surface area is 112 Å². The summed E-state index contributed by atoms with van der Waals surface area (Å²) in [6, 6.07) is 8.14. The van der Waals surface area contributed by atoms with Gasteiger partial charge < -0.3 is 14.3 Å². The fourth-order valence-corrected chi connectivity index (χ4v) is 3.79. The second-order valence-electron chi connectivity index (χ2n) is 6.01. The van der Waals surface area contributed by atoms with Crippen molar-refractivity contribution in [1.29, 1.82) is 0 Å². The molecule has 2 aromatic rings. The van der Waals surface area contributed by atoms with Gasteiger partial charge in [0.05, 0.1) is 24.9 Å². The highest BCUT2D eigenvalue weighted by Crippen LogP contribution is 2.59. The van der Waals surface area contributed by atoms with Crippen molar-refractivity contribution in [3.8, 4) is 0 Å². The van der Waals surface area contributed by atoms with E-state index in [9.17, 15) is 5.11 Å². The molecule has 2 aliphatic rings. The molecule has 1 aromatic heterocycles. The standard InChI is InChI=1S/C16H18O3/c17-9-15(6-3-7-15)16(10-18-11-16)13-8-19-14-5-2-1-4-12(13)14/h1-2,4-5,8,17H,3,6-7,9-11H2. The number of benzene rings is 1. The third-order valence-corrected chi connectivity index (χ3v) is 5.32. The Balaban J connectivity index is 1.89. The number of fused-ring (bicyclic) bond motifs is 1. The lowest BCUT2D eigenvalue weighted by Gasteiger charge is -2.59. The Bertz CT molecular complexity index is 600. The third-order valence-electron chi connectivity index (χ3n) is 5.32. The van der Waals surface area contributed by atoms with Crippen molar-refractivity contribution in [2.45, 2.75) is 24.7 Å². The van der Waals surface area contributed by atoms with E-state index in [0.29, 0.717) is 13.2 Å². The van der Waals surface area contributed by atoms with Crippen LogP contribution >= 0.6 is 0 Å². The number of ether oxygens (including phenoxy) is 1. The van der Waals surface area contributed by atoms with Gasteiger partial charge in [-0.15, -0.1) is 0 Å². The second kappa shape index (κ2) is 3.84. The zero-order chi connectivity index (χ0) is 12.9. The Morgan fingerprint density at radius 3 is 2.53 bits per heavy atom. The van der Waals surface area contributed by atoms with Crippen LogP contribution in [-0.4, -0.2) is 24.9 Å². The van der Waals surface area contributed by atoms with Gasteiger partial charge in [0.2, 0.25) is 0 Å². The summed E-state index contributed by atoms with van der Waals surface area (Å²) in [4.78, 5) is 0. The lowest BCUT2D eigenvalue weighted by molar-refractivity contribution is -0.172. The quantitative estimate of drug-likeness (QED) is 0.920. The van der Waals surface area contributed by atoms with Crippen LogP contribution in [0, 0.1) is 5.41 Å². The molecule has 2 fully saturated rings. The van der Waals surface area contributed by atoms with E-state index >= 15 is 0 Å². The summed E-state index contributed by atoms with van der Waals surface area (Å²) >= 11 is 0. The van der Waals surface area contributed by atoms with Crippen molar-refractivity contribution in [3.63, 3.8) is 0 Å². The van der Waals surface area contributed by atoms with E-state index in [1.807, 2.05) is 24.5 Å². The molecule has 1 N–H and O–H groups in total. The predicted molar refractivity (Wildman–Crippen MR) is 72.1 cm³/mol. The molecule has 0 bridgehead atoms. The van der Waals surface area contributed by atoms with Gasteiger partial charge in [-0.2, -0.15) is 0 Å². The van der Waals surface area contributed by atoms with Crippen LogP contribution in [0.15, 0.2) is 34.9 Å². The largest absolute Gasteiger partial charge is 0.464 e. The van der Waals surface area contributed by atoms with Gasteiger partial charge in [0.1, 0.15) is 5.58 Å². The maximum absolute atomic E-state index is 9.92. The van der Waals surface area contributed by atoms with E-state index < -0.39 is 0 Å². The normalized spacial score (nSPS) is 23.8. The predicted octanol–water partition coefficient (Wildman–Crippen LogP) is 2.86. The third kappa shape index (κ3) is 1.30. The number of para-hydroxylation sites is 1. The van der Waals surface area contributed by atoms with Crippen LogP contribution in [0.5, 0.6) is 0 Å². The summed E-state index contributed by atoms with van der Waals surface area (Å²) in [5, 5.41) is 11.1. The Morgan fingerprint density at radius 1 is 1.16 bits per heavy atom. The van der Waals surface area contributed by atoms with E-state index in [1.54, 1.807) is 0 Å². The van der Waals surface area contributed by atoms with Crippen LogP contribution in [-0.2, 0) is 10.2 Å². The molecule has 1 saturated carbocycles. The van der Waals surface area contributed by atoms with E-state index in [2.05, 4.69) is 6.07 Å². The maximum Gasteiger partial charge on any atom is 0.134 e.